The minimum absolute atomic E-state index is 0.147. The number of amides is 1. The van der Waals surface area contributed by atoms with E-state index in [1.807, 2.05) is 20.8 Å². The van der Waals surface area contributed by atoms with E-state index in [4.69, 9.17) is 27.9 Å². The number of aromatic nitrogens is 2. The fourth-order valence-electron chi connectivity index (χ4n) is 2.20. The lowest BCUT2D eigenvalue weighted by molar-refractivity contribution is 0.0289. The Morgan fingerprint density at radius 1 is 1.50 bits per heavy atom. The highest BCUT2D eigenvalue weighted by molar-refractivity contribution is 6.33. The van der Waals surface area contributed by atoms with Gasteiger partial charge in [0.05, 0.1) is 6.20 Å². The first kappa shape index (κ1) is 17.1. The molecule has 0 aliphatic carbocycles. The molecule has 1 aromatic heterocycles. The molecule has 8 heteroatoms. The predicted molar refractivity (Wildman–Crippen MR) is 86.5 cm³/mol. The van der Waals surface area contributed by atoms with Crippen molar-refractivity contribution in [3.8, 4) is 0 Å². The number of nitrogens with zero attached hydrogens (tertiary/aromatic N) is 3. The van der Waals surface area contributed by atoms with Crippen LogP contribution in [-0.2, 0) is 4.74 Å². The van der Waals surface area contributed by atoms with Gasteiger partial charge in [-0.15, -0.1) is 0 Å². The number of carbonyl (C=O) groups excluding carboxylic acids is 1. The molecule has 122 valence electrons. The van der Waals surface area contributed by atoms with Crippen LogP contribution in [0, 0.1) is 5.92 Å². The predicted octanol–water partition coefficient (Wildman–Crippen LogP) is 3.45. The highest BCUT2D eigenvalue weighted by Gasteiger charge is 2.29. The molecule has 1 fully saturated rings. The Morgan fingerprint density at radius 3 is 2.91 bits per heavy atom. The first-order chi connectivity index (χ1) is 10.2. The lowest BCUT2D eigenvalue weighted by atomic mass is 10.1. The van der Waals surface area contributed by atoms with Crippen molar-refractivity contribution in [2.75, 3.05) is 25.0 Å². The van der Waals surface area contributed by atoms with Gasteiger partial charge in [-0.2, -0.15) is 4.98 Å². The van der Waals surface area contributed by atoms with Crippen molar-refractivity contribution in [1.82, 2.24) is 14.9 Å². The molecule has 1 aliphatic heterocycles. The van der Waals surface area contributed by atoms with Gasteiger partial charge in [-0.1, -0.05) is 11.6 Å². The van der Waals surface area contributed by atoms with Crippen LogP contribution in [0.5, 0.6) is 0 Å². The summed E-state index contributed by atoms with van der Waals surface area (Å²) in [5, 5.41) is 3.73. The highest BCUT2D eigenvalue weighted by atomic mass is 35.5. The van der Waals surface area contributed by atoms with Crippen molar-refractivity contribution < 1.29 is 9.53 Å². The van der Waals surface area contributed by atoms with E-state index in [9.17, 15) is 4.79 Å². The van der Waals surface area contributed by atoms with Crippen LogP contribution in [0.4, 0.5) is 10.6 Å². The second-order valence-electron chi connectivity index (χ2n) is 6.30. The molecule has 0 aromatic carbocycles. The topological polar surface area (TPSA) is 67.3 Å². The lowest BCUT2D eigenvalue weighted by Crippen LogP contribution is -2.35. The van der Waals surface area contributed by atoms with Gasteiger partial charge in [0.25, 0.3) is 0 Å². The van der Waals surface area contributed by atoms with Crippen LogP contribution in [0.3, 0.4) is 0 Å². The first-order valence-corrected chi connectivity index (χ1v) is 7.90. The molecule has 1 aliphatic rings. The van der Waals surface area contributed by atoms with E-state index in [0.717, 1.165) is 6.42 Å². The average Bonchev–Trinajstić information content (AvgIpc) is 2.87. The third-order valence-corrected chi connectivity index (χ3v) is 3.67. The first-order valence-electron chi connectivity index (χ1n) is 7.14. The Hall–Kier alpha value is -1.27. The molecule has 0 spiro atoms. The zero-order chi connectivity index (χ0) is 16.3. The molecular formula is C14H20Cl2N4O2. The summed E-state index contributed by atoms with van der Waals surface area (Å²) < 4.78 is 5.37. The normalized spacial score (nSPS) is 18.4. The third-order valence-electron chi connectivity index (χ3n) is 3.21. The molecule has 2 heterocycles. The summed E-state index contributed by atoms with van der Waals surface area (Å²) in [5.41, 5.74) is -0.474. The molecule has 1 N–H and O–H groups in total. The van der Waals surface area contributed by atoms with Gasteiger partial charge >= 0.3 is 6.09 Å². The van der Waals surface area contributed by atoms with Gasteiger partial charge < -0.3 is 15.0 Å². The van der Waals surface area contributed by atoms with Crippen LogP contribution in [0.25, 0.3) is 0 Å². The molecule has 0 radical (unpaired) electrons. The fraction of sp³-hybridized carbons (Fsp3) is 0.643. The number of nitrogens with one attached hydrogen (secondary N) is 1. The van der Waals surface area contributed by atoms with E-state index < -0.39 is 5.60 Å². The van der Waals surface area contributed by atoms with Crippen LogP contribution in [0.15, 0.2) is 6.20 Å². The molecular weight excluding hydrogens is 327 g/mol. The summed E-state index contributed by atoms with van der Waals surface area (Å²) in [6.07, 6.45) is 2.10. The summed E-state index contributed by atoms with van der Waals surface area (Å²) in [7, 11) is 0. The summed E-state index contributed by atoms with van der Waals surface area (Å²) in [6.45, 7) is 7.59. The molecule has 22 heavy (non-hydrogen) atoms. The van der Waals surface area contributed by atoms with Crippen molar-refractivity contribution in [2.45, 2.75) is 32.8 Å². The Labute approximate surface area is 140 Å². The van der Waals surface area contributed by atoms with E-state index in [1.165, 1.54) is 6.20 Å². The maximum absolute atomic E-state index is 12.0. The second-order valence-corrected chi connectivity index (χ2v) is 7.04. The van der Waals surface area contributed by atoms with Crippen molar-refractivity contribution in [3.63, 3.8) is 0 Å². The van der Waals surface area contributed by atoms with Crippen LogP contribution in [0.1, 0.15) is 27.2 Å². The summed E-state index contributed by atoms with van der Waals surface area (Å²) in [6, 6.07) is 0. The van der Waals surface area contributed by atoms with Gasteiger partial charge in [0.15, 0.2) is 0 Å². The van der Waals surface area contributed by atoms with Gasteiger partial charge in [-0.05, 0) is 44.7 Å². The van der Waals surface area contributed by atoms with Crippen LogP contribution < -0.4 is 5.32 Å². The van der Waals surface area contributed by atoms with Crippen molar-refractivity contribution in [1.29, 1.82) is 0 Å². The van der Waals surface area contributed by atoms with Crippen molar-refractivity contribution in [2.24, 2.45) is 5.92 Å². The van der Waals surface area contributed by atoms with Crippen molar-refractivity contribution >= 4 is 35.1 Å². The number of likely N-dealkylation sites (tertiary alicyclic amines) is 1. The van der Waals surface area contributed by atoms with E-state index >= 15 is 0 Å². The number of hydrogen-bond acceptors (Lipinski definition) is 5. The minimum atomic E-state index is -0.474. The van der Waals surface area contributed by atoms with Crippen molar-refractivity contribution in [3.05, 3.63) is 16.5 Å². The molecule has 1 amide bonds. The Balaban J connectivity index is 1.84. The zero-order valence-corrected chi connectivity index (χ0v) is 14.4. The summed E-state index contributed by atoms with van der Waals surface area (Å²) in [5.74, 6) is 0.828. The molecule has 0 bridgehead atoms. The summed E-state index contributed by atoms with van der Waals surface area (Å²) >= 11 is 11.8. The number of carbonyl (C=O) groups is 1. The van der Waals surface area contributed by atoms with E-state index in [2.05, 4.69) is 15.3 Å². The second kappa shape index (κ2) is 6.87. The van der Waals surface area contributed by atoms with Crippen LogP contribution in [-0.4, -0.2) is 46.2 Å². The SMILES string of the molecule is CC(C)(C)OC(=O)N1CC[C@@H](CNc2nc(Cl)ncc2Cl)C1. The zero-order valence-electron chi connectivity index (χ0n) is 12.9. The maximum Gasteiger partial charge on any atom is 0.410 e. The molecule has 0 unspecified atom stereocenters. The third kappa shape index (κ3) is 4.88. The highest BCUT2D eigenvalue weighted by Crippen LogP contribution is 2.23. The van der Waals surface area contributed by atoms with Gasteiger partial charge in [0.2, 0.25) is 5.28 Å². The van der Waals surface area contributed by atoms with Gasteiger partial charge in [-0.3, -0.25) is 0 Å². The van der Waals surface area contributed by atoms with Crippen LogP contribution >= 0.6 is 23.2 Å². The molecule has 6 nitrogen and oxygen atoms in total. The molecule has 1 saturated heterocycles. The smallest absolute Gasteiger partial charge is 0.410 e. The Kier molecular flexibility index (Phi) is 5.34. The molecule has 0 saturated carbocycles. The van der Waals surface area contributed by atoms with Crippen LogP contribution in [0.2, 0.25) is 10.3 Å². The number of rotatable bonds is 3. The number of ether oxygens (including phenoxy) is 1. The fourth-order valence-corrected chi connectivity index (χ4v) is 2.49. The Morgan fingerprint density at radius 2 is 2.23 bits per heavy atom. The maximum atomic E-state index is 12.0. The number of anilines is 1. The largest absolute Gasteiger partial charge is 0.444 e. The molecule has 1 aromatic rings. The Bertz CT molecular complexity index is 548. The average molecular weight is 347 g/mol. The number of hydrogen-bond donors (Lipinski definition) is 1. The molecule has 1 atom stereocenters. The monoisotopic (exact) mass is 346 g/mol. The van der Waals surface area contributed by atoms with Gasteiger partial charge in [0, 0.05) is 19.6 Å². The summed E-state index contributed by atoms with van der Waals surface area (Å²) in [4.78, 5) is 21.6. The van der Waals surface area contributed by atoms with E-state index in [0.29, 0.717) is 36.4 Å². The molecule has 2 rings (SSSR count). The van der Waals surface area contributed by atoms with Gasteiger partial charge in [-0.25, -0.2) is 9.78 Å². The standard InChI is InChI=1S/C14H20Cl2N4O2/c1-14(2,3)22-13(21)20-5-4-9(8-20)6-17-11-10(15)7-18-12(16)19-11/h7,9H,4-6,8H2,1-3H3,(H,17,18,19)/t9-/m0/s1. The minimum Gasteiger partial charge on any atom is -0.444 e. The quantitative estimate of drug-likeness (QED) is 0.849. The van der Waals surface area contributed by atoms with E-state index in [1.54, 1.807) is 4.90 Å². The van der Waals surface area contributed by atoms with Gasteiger partial charge in [0.1, 0.15) is 16.4 Å². The lowest BCUT2D eigenvalue weighted by Gasteiger charge is -2.24. The van der Waals surface area contributed by atoms with E-state index in [-0.39, 0.29) is 11.4 Å². The number of halogens is 2.